The number of nitro benzene ring substituents is 1. The zero-order valence-electron chi connectivity index (χ0n) is 16.5. The van der Waals surface area contributed by atoms with Crippen molar-refractivity contribution in [3.8, 4) is 11.5 Å². The molecule has 0 aliphatic carbocycles. The highest BCUT2D eigenvalue weighted by Gasteiger charge is 2.42. The second kappa shape index (κ2) is 8.57. The van der Waals surface area contributed by atoms with Crippen molar-refractivity contribution >= 4 is 17.3 Å². The molecule has 4 rings (SSSR count). The Kier molecular flexibility index (Phi) is 6.00. The number of nitro groups is 1. The number of fused-ring (bicyclic) bond motifs is 1. The Bertz CT molecular complexity index is 998. The number of likely N-dealkylation sites (tertiary alicyclic amines) is 1. The van der Waals surface area contributed by atoms with E-state index in [4.69, 9.17) is 21.1 Å². The Balaban J connectivity index is 1.30. The van der Waals surface area contributed by atoms with Crippen LogP contribution >= 0.6 is 11.6 Å². The highest BCUT2D eigenvalue weighted by molar-refractivity contribution is 6.30. The largest absolute Gasteiger partial charge is 0.487 e. The van der Waals surface area contributed by atoms with Crippen LogP contribution < -0.4 is 9.47 Å². The smallest absolute Gasteiger partial charge is 0.314 e. The van der Waals surface area contributed by atoms with Gasteiger partial charge in [0.2, 0.25) is 11.6 Å². The Morgan fingerprint density at radius 3 is 2.74 bits per heavy atom. The third-order valence-electron chi connectivity index (χ3n) is 5.74. The van der Waals surface area contributed by atoms with Crippen molar-refractivity contribution in [1.29, 1.82) is 0 Å². The monoisotopic (exact) mass is 454 g/mol. The molecule has 0 saturated carbocycles. The molecule has 1 saturated heterocycles. The van der Waals surface area contributed by atoms with Gasteiger partial charge in [0.25, 0.3) is 0 Å². The van der Waals surface area contributed by atoms with Gasteiger partial charge in [-0.15, -0.1) is 0 Å². The minimum Gasteiger partial charge on any atom is -0.487 e. The SMILES string of the molecule is O=[N+]([O-])c1ccc(F)c(F)c1OC[C@H](O)CN1CCC2(CC1)Cc1cc(Cl)ccc1O2. The van der Waals surface area contributed by atoms with Gasteiger partial charge in [-0.25, -0.2) is 4.39 Å². The summed E-state index contributed by atoms with van der Waals surface area (Å²) < 4.78 is 38.6. The van der Waals surface area contributed by atoms with Gasteiger partial charge in [0, 0.05) is 50.0 Å². The van der Waals surface area contributed by atoms with Crippen molar-refractivity contribution in [2.45, 2.75) is 31.0 Å². The van der Waals surface area contributed by atoms with E-state index in [0.717, 1.165) is 36.6 Å². The van der Waals surface area contributed by atoms with Crippen LogP contribution in [0.4, 0.5) is 14.5 Å². The molecule has 2 aromatic carbocycles. The highest BCUT2D eigenvalue weighted by Crippen LogP contribution is 2.42. The maximum absolute atomic E-state index is 13.9. The van der Waals surface area contributed by atoms with Crippen LogP contribution in [0.15, 0.2) is 30.3 Å². The lowest BCUT2D eigenvalue weighted by atomic mass is 9.87. The third kappa shape index (κ3) is 4.58. The fourth-order valence-electron chi connectivity index (χ4n) is 4.16. The average molecular weight is 455 g/mol. The molecule has 2 aromatic rings. The molecule has 0 aromatic heterocycles. The molecule has 0 amide bonds. The van der Waals surface area contributed by atoms with Crippen LogP contribution in [-0.4, -0.2) is 52.9 Å². The van der Waals surface area contributed by atoms with Crippen LogP contribution in [0, 0.1) is 21.7 Å². The lowest BCUT2D eigenvalue weighted by Crippen LogP contribution is -2.49. The maximum atomic E-state index is 13.9. The summed E-state index contributed by atoms with van der Waals surface area (Å²) in [6, 6.07) is 7.10. The lowest BCUT2D eigenvalue weighted by Gasteiger charge is -2.39. The van der Waals surface area contributed by atoms with E-state index in [-0.39, 0.29) is 12.1 Å². The predicted molar refractivity (Wildman–Crippen MR) is 109 cm³/mol. The highest BCUT2D eigenvalue weighted by atomic mass is 35.5. The normalized spacial score (nSPS) is 18.5. The van der Waals surface area contributed by atoms with Gasteiger partial charge in [-0.1, -0.05) is 11.6 Å². The molecular formula is C21H21ClF2N2O5. The zero-order valence-corrected chi connectivity index (χ0v) is 17.3. The molecule has 0 bridgehead atoms. The number of β-amino-alcohol motifs (C(OH)–C–C–N with tert-alkyl or cyclic N) is 1. The first-order valence-corrected chi connectivity index (χ1v) is 10.3. The minimum atomic E-state index is -1.45. The van der Waals surface area contributed by atoms with E-state index in [1.807, 2.05) is 17.0 Å². The number of hydrogen-bond acceptors (Lipinski definition) is 6. The van der Waals surface area contributed by atoms with Gasteiger partial charge in [-0.3, -0.25) is 10.1 Å². The minimum absolute atomic E-state index is 0.236. The van der Waals surface area contributed by atoms with Crippen LogP contribution in [0.2, 0.25) is 5.02 Å². The number of halogens is 3. The van der Waals surface area contributed by atoms with E-state index < -0.39 is 40.7 Å². The van der Waals surface area contributed by atoms with Crippen molar-refractivity contribution in [2.24, 2.45) is 0 Å². The first-order valence-electron chi connectivity index (χ1n) is 9.89. The Morgan fingerprint density at radius 1 is 1.29 bits per heavy atom. The lowest BCUT2D eigenvalue weighted by molar-refractivity contribution is -0.386. The van der Waals surface area contributed by atoms with Crippen LogP contribution in [0.3, 0.4) is 0 Å². The summed E-state index contributed by atoms with van der Waals surface area (Å²) in [6.07, 6.45) is 1.27. The second-order valence-electron chi connectivity index (χ2n) is 7.95. The summed E-state index contributed by atoms with van der Waals surface area (Å²) >= 11 is 6.07. The van der Waals surface area contributed by atoms with E-state index in [0.29, 0.717) is 24.2 Å². The van der Waals surface area contributed by atoms with E-state index >= 15 is 0 Å². The third-order valence-corrected chi connectivity index (χ3v) is 5.98. The Labute approximate surface area is 182 Å². The Hall–Kier alpha value is -2.49. The fourth-order valence-corrected chi connectivity index (χ4v) is 4.35. The number of rotatable bonds is 6. The number of piperidine rings is 1. The molecule has 2 aliphatic heterocycles. The van der Waals surface area contributed by atoms with Gasteiger partial charge in [-0.2, -0.15) is 4.39 Å². The molecule has 1 spiro atoms. The first-order chi connectivity index (χ1) is 14.8. The topological polar surface area (TPSA) is 85.1 Å². The van der Waals surface area contributed by atoms with E-state index in [9.17, 15) is 24.0 Å². The van der Waals surface area contributed by atoms with Gasteiger partial charge in [0.1, 0.15) is 24.1 Å². The second-order valence-corrected chi connectivity index (χ2v) is 8.38. The van der Waals surface area contributed by atoms with Crippen LogP contribution in [0.1, 0.15) is 18.4 Å². The number of benzene rings is 2. The van der Waals surface area contributed by atoms with Gasteiger partial charge < -0.3 is 19.5 Å². The van der Waals surface area contributed by atoms with Crippen molar-refractivity contribution in [3.63, 3.8) is 0 Å². The Morgan fingerprint density at radius 2 is 2.03 bits per heavy atom. The summed E-state index contributed by atoms with van der Waals surface area (Å²) in [7, 11) is 0. The molecule has 1 N–H and O–H groups in total. The number of aliphatic hydroxyl groups is 1. The maximum Gasteiger partial charge on any atom is 0.314 e. The average Bonchev–Trinajstić information content (AvgIpc) is 3.07. The summed E-state index contributed by atoms with van der Waals surface area (Å²) in [4.78, 5) is 12.2. The van der Waals surface area contributed by atoms with Gasteiger partial charge in [-0.05, 0) is 29.8 Å². The van der Waals surface area contributed by atoms with Crippen molar-refractivity contribution < 1.29 is 28.3 Å². The summed E-state index contributed by atoms with van der Waals surface area (Å²) in [5, 5.41) is 22.0. The molecule has 1 fully saturated rings. The van der Waals surface area contributed by atoms with Crippen molar-refractivity contribution in [1.82, 2.24) is 4.90 Å². The standard InChI is InChI=1S/C21H21ClF2N2O5/c22-14-1-4-18-13(9-14)10-21(31-18)5-7-25(8-6-21)11-15(27)12-30-20-17(26(28)29)3-2-16(23)19(20)24/h1-4,9,15,27H,5-8,10-12H2/t15-/m1/s1. The molecule has 7 nitrogen and oxygen atoms in total. The van der Waals surface area contributed by atoms with E-state index in [1.165, 1.54) is 0 Å². The summed E-state index contributed by atoms with van der Waals surface area (Å²) in [5.74, 6) is -2.66. The predicted octanol–water partition coefficient (Wildman–Crippen LogP) is 3.74. The molecular weight excluding hydrogens is 434 g/mol. The molecule has 0 unspecified atom stereocenters. The van der Waals surface area contributed by atoms with Crippen LogP contribution in [0.5, 0.6) is 11.5 Å². The van der Waals surface area contributed by atoms with Crippen molar-refractivity contribution in [3.05, 3.63) is 62.7 Å². The van der Waals surface area contributed by atoms with Crippen LogP contribution in [-0.2, 0) is 6.42 Å². The molecule has 166 valence electrons. The number of nitrogens with zero attached hydrogens (tertiary/aromatic N) is 2. The fraction of sp³-hybridized carbons (Fsp3) is 0.429. The van der Waals surface area contributed by atoms with Gasteiger partial charge in [0.15, 0.2) is 5.82 Å². The molecule has 31 heavy (non-hydrogen) atoms. The number of hydrogen-bond donors (Lipinski definition) is 1. The molecule has 1 atom stereocenters. The van der Waals surface area contributed by atoms with Gasteiger partial charge in [0.05, 0.1) is 4.92 Å². The molecule has 2 aliphatic rings. The van der Waals surface area contributed by atoms with Gasteiger partial charge >= 0.3 is 5.69 Å². The number of ether oxygens (including phenoxy) is 2. The quantitative estimate of drug-likeness (QED) is 0.528. The molecule has 0 radical (unpaired) electrons. The molecule has 2 heterocycles. The van der Waals surface area contributed by atoms with E-state index in [1.54, 1.807) is 6.07 Å². The zero-order chi connectivity index (χ0) is 22.2. The van der Waals surface area contributed by atoms with Crippen LogP contribution in [0.25, 0.3) is 0 Å². The summed E-state index contributed by atoms with van der Waals surface area (Å²) in [5.41, 5.74) is 0.119. The number of aliphatic hydroxyl groups excluding tert-OH is 1. The van der Waals surface area contributed by atoms with E-state index in [2.05, 4.69) is 0 Å². The first kappa shape index (κ1) is 21.7. The van der Waals surface area contributed by atoms with Crippen molar-refractivity contribution in [2.75, 3.05) is 26.2 Å². The summed E-state index contributed by atoms with van der Waals surface area (Å²) in [6.45, 7) is 1.18. The molecule has 10 heteroatoms.